The predicted octanol–water partition coefficient (Wildman–Crippen LogP) is 2.90. The molecule has 38 heavy (non-hydrogen) atoms. The average Bonchev–Trinajstić information content (AvgIpc) is 3.30. The number of hydrogen-bond donors (Lipinski definition) is 3. The largest absolute Gasteiger partial charge is 0.508 e. The summed E-state index contributed by atoms with van der Waals surface area (Å²) in [6.45, 7) is 3.03. The van der Waals surface area contributed by atoms with Crippen molar-refractivity contribution in [1.82, 2.24) is 0 Å². The van der Waals surface area contributed by atoms with Crippen LogP contribution in [0.3, 0.4) is 0 Å². The van der Waals surface area contributed by atoms with E-state index in [9.17, 15) is 20.1 Å². The van der Waals surface area contributed by atoms with Crippen LogP contribution in [0.25, 0.3) is 0 Å². The van der Waals surface area contributed by atoms with Gasteiger partial charge in [0.1, 0.15) is 32.0 Å². The van der Waals surface area contributed by atoms with Gasteiger partial charge in [-0.25, -0.2) is 4.79 Å². The second kappa shape index (κ2) is 11.6. The molecule has 11 heteroatoms. The molecular formula is C27H32ClNO9. The molecule has 0 amide bonds. The van der Waals surface area contributed by atoms with Crippen LogP contribution in [-0.4, -0.2) is 78.0 Å². The van der Waals surface area contributed by atoms with Gasteiger partial charge in [-0.1, -0.05) is 54.0 Å². The highest BCUT2D eigenvalue weighted by Gasteiger charge is 2.67. The zero-order valence-corrected chi connectivity index (χ0v) is 22.2. The Balaban J connectivity index is 1.60. The fourth-order valence-corrected chi connectivity index (χ4v) is 4.98. The number of hydrogen-bond acceptors (Lipinski definition) is 10. The molecule has 0 aromatic heterocycles. The van der Waals surface area contributed by atoms with E-state index in [1.807, 2.05) is 31.2 Å². The molecule has 0 aliphatic carbocycles. The minimum atomic E-state index is -1.81. The number of ether oxygens (including phenoxy) is 4. The molecule has 2 aromatic rings. The van der Waals surface area contributed by atoms with Crippen molar-refractivity contribution in [1.29, 1.82) is 0 Å². The molecule has 0 spiro atoms. The second-order valence-electron chi connectivity index (χ2n) is 9.23. The Morgan fingerprint density at radius 2 is 1.84 bits per heavy atom. The molecule has 206 valence electrons. The van der Waals surface area contributed by atoms with E-state index in [0.29, 0.717) is 17.0 Å². The molecule has 2 aromatic carbocycles. The van der Waals surface area contributed by atoms with Crippen LogP contribution in [0.2, 0.25) is 5.02 Å². The zero-order valence-electron chi connectivity index (χ0n) is 21.4. The Bertz CT molecular complexity index is 1170. The highest BCUT2D eigenvalue weighted by Crippen LogP contribution is 2.50. The average molecular weight is 550 g/mol. The number of rotatable bonds is 9. The molecule has 2 aliphatic heterocycles. The molecular weight excluding hydrogens is 518 g/mol. The number of carbonyl (C=O) groups is 1. The van der Waals surface area contributed by atoms with E-state index in [1.54, 1.807) is 25.1 Å². The number of nitrogens with zero attached hydrogens (tertiary/aromatic N) is 1. The Morgan fingerprint density at radius 1 is 1.11 bits per heavy atom. The van der Waals surface area contributed by atoms with Crippen LogP contribution in [-0.2, 0) is 36.0 Å². The van der Waals surface area contributed by atoms with Crippen LogP contribution >= 0.6 is 11.6 Å². The van der Waals surface area contributed by atoms with Crippen molar-refractivity contribution in [3.05, 3.63) is 69.7 Å². The van der Waals surface area contributed by atoms with E-state index < -0.39 is 42.5 Å². The van der Waals surface area contributed by atoms with E-state index in [0.717, 1.165) is 28.8 Å². The topological polar surface area (TPSA) is 136 Å². The molecule has 2 saturated heterocycles. The number of benzene rings is 2. The van der Waals surface area contributed by atoms with Crippen molar-refractivity contribution in [2.75, 3.05) is 26.9 Å². The summed E-state index contributed by atoms with van der Waals surface area (Å²) in [6, 6.07) is 12.9. The van der Waals surface area contributed by atoms with Gasteiger partial charge in [0, 0.05) is 10.6 Å². The van der Waals surface area contributed by atoms with Gasteiger partial charge in [-0.15, -0.1) is 0 Å². The molecule has 5 atom stereocenters. The maximum absolute atomic E-state index is 11.8. The maximum Gasteiger partial charge on any atom is 0.508 e. The summed E-state index contributed by atoms with van der Waals surface area (Å²) in [5.41, 5.74) is 2.27. The minimum Gasteiger partial charge on any atom is -0.435 e. The number of halogens is 1. The lowest BCUT2D eigenvalue weighted by atomic mass is 9.83. The molecule has 0 radical (unpaired) electrons. The first-order valence-corrected chi connectivity index (χ1v) is 12.7. The zero-order chi connectivity index (χ0) is 27.5. The quantitative estimate of drug-likeness (QED) is 0.245. The van der Waals surface area contributed by atoms with Crippen molar-refractivity contribution in [2.45, 2.75) is 56.4 Å². The van der Waals surface area contributed by atoms with Crippen molar-refractivity contribution in [3.8, 4) is 0 Å². The summed E-state index contributed by atoms with van der Waals surface area (Å²) in [5.74, 6) is -1.81. The van der Waals surface area contributed by atoms with Crippen LogP contribution in [0.5, 0.6) is 0 Å². The third-order valence-electron chi connectivity index (χ3n) is 6.82. The van der Waals surface area contributed by atoms with Crippen LogP contribution in [0, 0.1) is 0 Å². The molecule has 3 N–H and O–H groups in total. The monoisotopic (exact) mass is 549 g/mol. The Labute approximate surface area is 225 Å². The van der Waals surface area contributed by atoms with Gasteiger partial charge in [0.05, 0.1) is 18.9 Å². The highest BCUT2D eigenvalue weighted by atomic mass is 35.5. The third kappa shape index (κ3) is 5.25. The van der Waals surface area contributed by atoms with Gasteiger partial charge in [-0.3, -0.25) is 0 Å². The van der Waals surface area contributed by atoms with Crippen LogP contribution in [0.15, 0.2) is 47.6 Å². The SMILES string of the molecule is CCOC(=O)OC[C@@]12CO[C@@](c3ccc(Cl)c(Cc4ccc(C(CC)=NOC)cc4)c3)(O1)[C@H](O)[C@@H](O)[C@@H]2O. The van der Waals surface area contributed by atoms with Crippen molar-refractivity contribution >= 4 is 23.5 Å². The molecule has 10 nitrogen and oxygen atoms in total. The van der Waals surface area contributed by atoms with Gasteiger partial charge in [0.2, 0.25) is 5.79 Å². The Morgan fingerprint density at radius 3 is 2.50 bits per heavy atom. The van der Waals surface area contributed by atoms with E-state index in [4.69, 9.17) is 35.4 Å². The molecule has 2 fully saturated rings. The number of fused-ring (bicyclic) bond motifs is 2. The first kappa shape index (κ1) is 28.3. The van der Waals surface area contributed by atoms with Gasteiger partial charge in [-0.2, -0.15) is 0 Å². The highest BCUT2D eigenvalue weighted by molar-refractivity contribution is 6.31. The lowest BCUT2D eigenvalue weighted by Gasteiger charge is -2.46. The lowest BCUT2D eigenvalue weighted by Crippen LogP contribution is -2.65. The maximum atomic E-state index is 11.8. The fraction of sp³-hybridized carbons (Fsp3) is 0.481. The van der Waals surface area contributed by atoms with E-state index >= 15 is 0 Å². The van der Waals surface area contributed by atoms with Gasteiger partial charge >= 0.3 is 6.16 Å². The first-order chi connectivity index (χ1) is 18.2. The van der Waals surface area contributed by atoms with Gasteiger partial charge < -0.3 is 39.1 Å². The van der Waals surface area contributed by atoms with Crippen LogP contribution in [0.1, 0.15) is 42.5 Å². The van der Waals surface area contributed by atoms with Crippen LogP contribution in [0.4, 0.5) is 4.79 Å². The molecule has 2 bridgehead atoms. The smallest absolute Gasteiger partial charge is 0.435 e. The molecule has 4 rings (SSSR count). The fourth-order valence-electron chi connectivity index (χ4n) is 4.79. The van der Waals surface area contributed by atoms with E-state index in [1.165, 1.54) is 7.11 Å². The summed E-state index contributed by atoms with van der Waals surface area (Å²) in [5, 5.41) is 36.9. The Kier molecular flexibility index (Phi) is 8.61. The molecule has 0 saturated carbocycles. The second-order valence-corrected chi connectivity index (χ2v) is 9.64. The van der Waals surface area contributed by atoms with Gasteiger partial charge in [-0.05, 0) is 48.6 Å². The molecule has 2 aliphatic rings. The summed E-state index contributed by atoms with van der Waals surface area (Å²) in [4.78, 5) is 16.7. The van der Waals surface area contributed by atoms with Crippen LogP contribution < -0.4 is 0 Å². The molecule has 0 unspecified atom stereocenters. The van der Waals surface area contributed by atoms with Gasteiger partial charge in [0.15, 0.2) is 5.60 Å². The molecule has 2 heterocycles. The summed E-state index contributed by atoms with van der Waals surface area (Å²) in [6.07, 6.45) is -4.61. The summed E-state index contributed by atoms with van der Waals surface area (Å²) in [7, 11) is 1.51. The predicted molar refractivity (Wildman–Crippen MR) is 137 cm³/mol. The number of carbonyl (C=O) groups excluding carboxylic acids is 1. The number of oxime groups is 1. The normalized spacial score (nSPS) is 28.7. The van der Waals surface area contributed by atoms with E-state index in [2.05, 4.69) is 5.16 Å². The third-order valence-corrected chi connectivity index (χ3v) is 7.19. The summed E-state index contributed by atoms with van der Waals surface area (Å²) < 4.78 is 21.9. The lowest BCUT2D eigenvalue weighted by molar-refractivity contribution is -0.329. The number of aliphatic hydroxyl groups excluding tert-OH is 3. The standard InChI is InChI=1S/C27H32ClNO9/c1-4-21(29-34-3)17-8-6-16(7-9-17)12-18-13-19(10-11-20(18)28)27-24(32)22(30)23(31)26(38-27,15-37-27)14-36-25(33)35-5-2/h6-11,13,22-24,30-32H,4-5,12,14-15H2,1-3H3/t22-,23-,24+,26-,27-/m0/s1. The summed E-state index contributed by atoms with van der Waals surface area (Å²) >= 11 is 6.52. The first-order valence-electron chi connectivity index (χ1n) is 12.4. The van der Waals surface area contributed by atoms with Gasteiger partial charge in [0.25, 0.3) is 0 Å². The Hall–Kier alpha value is -2.73. The minimum absolute atomic E-state index is 0.105. The van der Waals surface area contributed by atoms with E-state index in [-0.39, 0.29) is 13.2 Å². The van der Waals surface area contributed by atoms with Crippen molar-refractivity contribution in [3.63, 3.8) is 0 Å². The number of aliphatic hydroxyl groups is 3. The van der Waals surface area contributed by atoms with Crippen molar-refractivity contribution < 1.29 is 43.9 Å². The van der Waals surface area contributed by atoms with Crippen molar-refractivity contribution in [2.24, 2.45) is 5.16 Å².